The van der Waals surface area contributed by atoms with Gasteiger partial charge in [0, 0.05) is 17.5 Å². The number of pyridine rings is 1. The van der Waals surface area contributed by atoms with Crippen molar-refractivity contribution in [3.8, 4) is 5.88 Å². The van der Waals surface area contributed by atoms with Crippen LogP contribution in [0.2, 0.25) is 0 Å². The van der Waals surface area contributed by atoms with E-state index in [4.69, 9.17) is 9.47 Å². The molecule has 2 aromatic heterocycles. The molecule has 2 aromatic rings. The fourth-order valence-corrected chi connectivity index (χ4v) is 2.71. The maximum absolute atomic E-state index is 11.5. The lowest BCUT2D eigenvalue weighted by atomic mass is 10.1. The minimum Gasteiger partial charge on any atom is -0.481 e. The largest absolute Gasteiger partial charge is 0.481 e. The SMILES string of the molecule is COC(=O)CC(NCc1cccc(OC)n1)c1cccs1. The second-order valence-corrected chi connectivity index (χ2v) is 5.38. The quantitative estimate of drug-likeness (QED) is 0.797. The summed E-state index contributed by atoms with van der Waals surface area (Å²) in [5.74, 6) is 0.342. The lowest BCUT2D eigenvalue weighted by molar-refractivity contribution is -0.141. The number of ether oxygens (including phenoxy) is 2. The van der Waals surface area contributed by atoms with E-state index >= 15 is 0 Å². The molecule has 0 fully saturated rings. The fourth-order valence-electron chi connectivity index (χ4n) is 1.91. The zero-order valence-corrected chi connectivity index (χ0v) is 12.9. The maximum Gasteiger partial charge on any atom is 0.307 e. The molecule has 0 aliphatic carbocycles. The van der Waals surface area contributed by atoms with Gasteiger partial charge in [-0.15, -0.1) is 11.3 Å². The maximum atomic E-state index is 11.5. The molecule has 2 rings (SSSR count). The number of esters is 1. The van der Waals surface area contributed by atoms with E-state index in [0.29, 0.717) is 18.8 Å². The molecule has 5 nitrogen and oxygen atoms in total. The number of hydrogen-bond donors (Lipinski definition) is 1. The van der Waals surface area contributed by atoms with E-state index in [1.807, 2.05) is 29.6 Å². The number of rotatable bonds is 7. The van der Waals surface area contributed by atoms with Gasteiger partial charge in [-0.25, -0.2) is 4.98 Å². The molecule has 1 unspecified atom stereocenters. The van der Waals surface area contributed by atoms with Gasteiger partial charge in [0.05, 0.1) is 32.4 Å². The molecule has 0 amide bonds. The summed E-state index contributed by atoms with van der Waals surface area (Å²) in [7, 11) is 2.99. The van der Waals surface area contributed by atoms with Gasteiger partial charge in [0.2, 0.25) is 5.88 Å². The van der Waals surface area contributed by atoms with Crippen molar-refractivity contribution in [3.05, 3.63) is 46.3 Å². The number of thiophene rings is 1. The molecule has 2 heterocycles. The highest BCUT2D eigenvalue weighted by Crippen LogP contribution is 2.23. The van der Waals surface area contributed by atoms with Crippen LogP contribution in [-0.2, 0) is 16.1 Å². The lowest BCUT2D eigenvalue weighted by Gasteiger charge is -2.16. The van der Waals surface area contributed by atoms with E-state index in [-0.39, 0.29) is 12.0 Å². The molecule has 0 saturated carbocycles. The van der Waals surface area contributed by atoms with Gasteiger partial charge in [-0.1, -0.05) is 12.1 Å². The predicted octanol–water partition coefficient (Wildman–Crippen LogP) is 2.55. The molecule has 0 aliphatic heterocycles. The first-order chi connectivity index (χ1) is 10.2. The standard InChI is InChI=1S/C15H18N2O3S/c1-19-14-7-3-5-11(17-14)10-16-12(9-15(18)20-2)13-6-4-8-21-13/h3-8,12,16H,9-10H2,1-2H3. The minimum atomic E-state index is -0.237. The highest BCUT2D eigenvalue weighted by Gasteiger charge is 2.17. The van der Waals surface area contributed by atoms with Crippen molar-refractivity contribution >= 4 is 17.3 Å². The Morgan fingerprint density at radius 3 is 2.86 bits per heavy atom. The third kappa shape index (κ3) is 4.54. The summed E-state index contributed by atoms with van der Waals surface area (Å²) in [6.45, 7) is 0.552. The van der Waals surface area contributed by atoms with Crippen LogP contribution in [0, 0.1) is 0 Å². The first kappa shape index (κ1) is 15.5. The Labute approximate surface area is 127 Å². The first-order valence-corrected chi connectivity index (χ1v) is 7.44. The second kappa shape index (κ2) is 7.75. The molecule has 6 heteroatoms. The summed E-state index contributed by atoms with van der Waals surface area (Å²) < 4.78 is 9.86. The third-order valence-corrected chi connectivity index (χ3v) is 3.99. The van der Waals surface area contributed by atoms with Crippen molar-refractivity contribution < 1.29 is 14.3 Å². The summed E-state index contributed by atoms with van der Waals surface area (Å²) in [4.78, 5) is 17.0. The highest BCUT2D eigenvalue weighted by atomic mass is 32.1. The molecule has 21 heavy (non-hydrogen) atoms. The number of carbonyl (C=O) groups excluding carboxylic acids is 1. The van der Waals surface area contributed by atoms with E-state index < -0.39 is 0 Å². The smallest absolute Gasteiger partial charge is 0.307 e. The first-order valence-electron chi connectivity index (χ1n) is 6.56. The van der Waals surface area contributed by atoms with Gasteiger partial charge in [0.25, 0.3) is 0 Å². The van der Waals surface area contributed by atoms with Crippen LogP contribution in [0.25, 0.3) is 0 Å². The molecule has 1 N–H and O–H groups in total. The zero-order valence-electron chi connectivity index (χ0n) is 12.0. The molecule has 0 saturated heterocycles. The summed E-state index contributed by atoms with van der Waals surface area (Å²) in [6.07, 6.45) is 0.293. The van der Waals surface area contributed by atoms with Crippen molar-refractivity contribution in [2.45, 2.75) is 19.0 Å². The average Bonchev–Trinajstić information content (AvgIpc) is 3.05. The molecule has 0 aromatic carbocycles. The summed E-state index contributed by atoms with van der Waals surface area (Å²) >= 11 is 1.61. The summed E-state index contributed by atoms with van der Waals surface area (Å²) in [5, 5.41) is 5.34. The Bertz CT molecular complexity index is 572. The van der Waals surface area contributed by atoms with Crippen molar-refractivity contribution in [2.24, 2.45) is 0 Å². The normalized spacial score (nSPS) is 11.9. The van der Waals surface area contributed by atoms with E-state index in [2.05, 4.69) is 10.3 Å². The number of nitrogens with zero attached hydrogens (tertiary/aromatic N) is 1. The van der Waals surface area contributed by atoms with Crippen LogP contribution in [0.4, 0.5) is 0 Å². The van der Waals surface area contributed by atoms with Crippen LogP contribution < -0.4 is 10.1 Å². The number of methoxy groups -OCH3 is 2. The predicted molar refractivity (Wildman–Crippen MR) is 81.3 cm³/mol. The number of carbonyl (C=O) groups is 1. The Kier molecular flexibility index (Phi) is 5.71. The molecule has 0 radical (unpaired) electrons. The Balaban J connectivity index is 2.03. The summed E-state index contributed by atoms with van der Waals surface area (Å²) in [6, 6.07) is 9.50. The van der Waals surface area contributed by atoms with Crippen molar-refractivity contribution in [2.75, 3.05) is 14.2 Å². The van der Waals surface area contributed by atoms with Crippen LogP contribution in [0.5, 0.6) is 5.88 Å². The minimum absolute atomic E-state index is 0.0783. The molecular weight excluding hydrogens is 288 g/mol. The number of nitrogens with one attached hydrogen (secondary N) is 1. The third-order valence-electron chi connectivity index (χ3n) is 3.01. The van der Waals surface area contributed by atoms with Crippen molar-refractivity contribution in [1.29, 1.82) is 0 Å². The Morgan fingerprint density at radius 1 is 1.33 bits per heavy atom. The van der Waals surface area contributed by atoms with E-state index in [1.54, 1.807) is 24.5 Å². The van der Waals surface area contributed by atoms with Crippen molar-refractivity contribution in [1.82, 2.24) is 10.3 Å². The van der Waals surface area contributed by atoms with Crippen molar-refractivity contribution in [3.63, 3.8) is 0 Å². The molecule has 112 valence electrons. The van der Waals surface area contributed by atoms with Crippen LogP contribution >= 0.6 is 11.3 Å². The van der Waals surface area contributed by atoms with Gasteiger partial charge in [0.1, 0.15) is 0 Å². The Morgan fingerprint density at radius 2 is 2.19 bits per heavy atom. The molecule has 0 spiro atoms. The van der Waals surface area contributed by atoms with Gasteiger partial charge in [-0.3, -0.25) is 4.79 Å². The average molecular weight is 306 g/mol. The molecule has 1 atom stereocenters. The van der Waals surface area contributed by atoms with Gasteiger partial charge >= 0.3 is 5.97 Å². The molecular formula is C15H18N2O3S. The number of hydrogen-bond acceptors (Lipinski definition) is 6. The highest BCUT2D eigenvalue weighted by molar-refractivity contribution is 7.10. The van der Waals surface area contributed by atoms with Gasteiger partial charge in [0.15, 0.2) is 0 Å². The van der Waals surface area contributed by atoms with Gasteiger partial charge < -0.3 is 14.8 Å². The fraction of sp³-hybridized carbons (Fsp3) is 0.333. The number of aromatic nitrogens is 1. The van der Waals surface area contributed by atoms with Crippen LogP contribution in [0.3, 0.4) is 0 Å². The van der Waals surface area contributed by atoms with Crippen LogP contribution in [0.15, 0.2) is 35.7 Å². The topological polar surface area (TPSA) is 60.5 Å². The van der Waals surface area contributed by atoms with E-state index in [1.165, 1.54) is 7.11 Å². The van der Waals surface area contributed by atoms with Crippen LogP contribution in [-0.4, -0.2) is 25.2 Å². The molecule has 0 bridgehead atoms. The van der Waals surface area contributed by atoms with E-state index in [9.17, 15) is 4.79 Å². The van der Waals surface area contributed by atoms with Gasteiger partial charge in [-0.2, -0.15) is 0 Å². The van der Waals surface area contributed by atoms with Gasteiger partial charge in [-0.05, 0) is 17.5 Å². The zero-order chi connectivity index (χ0) is 15.1. The monoisotopic (exact) mass is 306 g/mol. The van der Waals surface area contributed by atoms with Crippen LogP contribution in [0.1, 0.15) is 23.0 Å². The second-order valence-electron chi connectivity index (χ2n) is 4.40. The molecule has 0 aliphatic rings. The Hall–Kier alpha value is -1.92. The lowest BCUT2D eigenvalue weighted by Crippen LogP contribution is -2.23. The summed E-state index contributed by atoms with van der Waals surface area (Å²) in [5.41, 5.74) is 0.862. The van der Waals surface area contributed by atoms with E-state index in [0.717, 1.165) is 10.6 Å².